The van der Waals surface area contributed by atoms with Crippen LogP contribution in [0.1, 0.15) is 5.69 Å². The average molecular weight is 323 g/mol. The molecule has 0 bridgehead atoms. The fraction of sp³-hybridized carbons (Fsp3) is 0.200. The minimum absolute atomic E-state index is 0.198. The van der Waals surface area contributed by atoms with Gasteiger partial charge in [-0.15, -0.1) is 0 Å². The zero-order chi connectivity index (χ0) is 15.7. The third-order valence-electron chi connectivity index (χ3n) is 3.45. The average Bonchev–Trinajstić information content (AvgIpc) is 2.84. The molecule has 0 aliphatic carbocycles. The summed E-state index contributed by atoms with van der Waals surface area (Å²) < 4.78 is 29.2. The zero-order valence-electron chi connectivity index (χ0n) is 11.8. The SMILES string of the molecule is Cc1cc2c(F)c(F)cc(Cl)c2n1CCNc1ccncn1. The molecule has 7 heteroatoms. The van der Waals surface area contributed by atoms with Gasteiger partial charge in [0.1, 0.15) is 12.1 Å². The highest BCUT2D eigenvalue weighted by molar-refractivity contribution is 6.35. The maximum absolute atomic E-state index is 13.9. The number of benzene rings is 1. The molecule has 114 valence electrons. The van der Waals surface area contributed by atoms with E-state index in [1.165, 1.54) is 6.33 Å². The zero-order valence-corrected chi connectivity index (χ0v) is 12.5. The van der Waals surface area contributed by atoms with Crippen molar-refractivity contribution in [1.82, 2.24) is 14.5 Å². The van der Waals surface area contributed by atoms with Crippen LogP contribution in [0.25, 0.3) is 10.9 Å². The molecule has 2 heterocycles. The molecule has 0 spiro atoms. The third-order valence-corrected chi connectivity index (χ3v) is 3.74. The van der Waals surface area contributed by atoms with E-state index < -0.39 is 11.6 Å². The summed E-state index contributed by atoms with van der Waals surface area (Å²) in [7, 11) is 0. The van der Waals surface area contributed by atoms with E-state index in [0.717, 1.165) is 11.8 Å². The summed E-state index contributed by atoms with van der Waals surface area (Å²) in [5.41, 5.74) is 1.31. The van der Waals surface area contributed by atoms with Crippen molar-refractivity contribution in [2.75, 3.05) is 11.9 Å². The summed E-state index contributed by atoms with van der Waals surface area (Å²) in [5, 5.41) is 3.53. The van der Waals surface area contributed by atoms with E-state index in [0.29, 0.717) is 24.4 Å². The van der Waals surface area contributed by atoms with Crippen LogP contribution in [0.15, 0.2) is 30.7 Å². The number of anilines is 1. The summed E-state index contributed by atoms with van der Waals surface area (Å²) >= 11 is 6.08. The predicted molar refractivity (Wildman–Crippen MR) is 82.1 cm³/mol. The highest BCUT2D eigenvalue weighted by Gasteiger charge is 2.16. The van der Waals surface area contributed by atoms with Gasteiger partial charge in [0.2, 0.25) is 0 Å². The van der Waals surface area contributed by atoms with Gasteiger partial charge in [0, 0.05) is 30.4 Å². The van der Waals surface area contributed by atoms with E-state index in [9.17, 15) is 8.78 Å². The molecule has 2 aromatic heterocycles. The number of nitrogens with zero attached hydrogens (tertiary/aromatic N) is 3. The minimum Gasteiger partial charge on any atom is -0.368 e. The quantitative estimate of drug-likeness (QED) is 0.743. The van der Waals surface area contributed by atoms with Crippen molar-refractivity contribution >= 4 is 28.3 Å². The molecule has 3 rings (SSSR count). The van der Waals surface area contributed by atoms with Gasteiger partial charge in [-0.3, -0.25) is 0 Å². The van der Waals surface area contributed by atoms with Gasteiger partial charge in [-0.2, -0.15) is 0 Å². The molecule has 0 saturated carbocycles. The van der Waals surface area contributed by atoms with E-state index in [1.54, 1.807) is 18.3 Å². The number of nitrogens with one attached hydrogen (secondary N) is 1. The summed E-state index contributed by atoms with van der Waals surface area (Å²) in [6.45, 7) is 2.94. The molecule has 0 fully saturated rings. The van der Waals surface area contributed by atoms with Gasteiger partial charge in [0.25, 0.3) is 0 Å². The lowest BCUT2D eigenvalue weighted by atomic mass is 10.2. The van der Waals surface area contributed by atoms with Gasteiger partial charge in [-0.05, 0) is 25.1 Å². The van der Waals surface area contributed by atoms with E-state index in [1.807, 2.05) is 11.5 Å². The van der Waals surface area contributed by atoms with Crippen molar-refractivity contribution in [2.24, 2.45) is 0 Å². The van der Waals surface area contributed by atoms with Gasteiger partial charge in [-0.1, -0.05) is 11.6 Å². The highest BCUT2D eigenvalue weighted by atomic mass is 35.5. The normalized spacial score (nSPS) is 11.1. The summed E-state index contributed by atoms with van der Waals surface area (Å²) in [6.07, 6.45) is 3.09. The number of hydrogen-bond donors (Lipinski definition) is 1. The molecule has 0 atom stereocenters. The molecule has 0 saturated heterocycles. The Morgan fingerprint density at radius 1 is 1.32 bits per heavy atom. The predicted octanol–water partition coefficient (Wildman–Crippen LogP) is 3.78. The van der Waals surface area contributed by atoms with E-state index in [2.05, 4.69) is 15.3 Å². The van der Waals surface area contributed by atoms with Crippen LogP contribution in [-0.2, 0) is 6.54 Å². The first-order valence-electron chi connectivity index (χ1n) is 6.71. The van der Waals surface area contributed by atoms with Crippen molar-refractivity contribution in [3.05, 3.63) is 53.1 Å². The van der Waals surface area contributed by atoms with Crippen LogP contribution < -0.4 is 5.32 Å². The van der Waals surface area contributed by atoms with Crippen LogP contribution in [-0.4, -0.2) is 21.1 Å². The Morgan fingerprint density at radius 3 is 2.86 bits per heavy atom. The number of aromatic nitrogens is 3. The minimum atomic E-state index is -0.936. The van der Waals surface area contributed by atoms with Gasteiger partial charge >= 0.3 is 0 Å². The molecule has 0 aliphatic heterocycles. The van der Waals surface area contributed by atoms with Crippen molar-refractivity contribution in [2.45, 2.75) is 13.5 Å². The standard InChI is InChI=1S/C15H13ClF2N4/c1-9-6-10-14(18)12(17)7-11(16)15(10)22(9)5-4-20-13-2-3-19-8-21-13/h2-3,6-8H,4-5H2,1H3,(H,19,20,21). The summed E-state index contributed by atoms with van der Waals surface area (Å²) in [6, 6.07) is 4.36. The molecule has 0 aliphatic rings. The van der Waals surface area contributed by atoms with Crippen molar-refractivity contribution in [1.29, 1.82) is 0 Å². The maximum atomic E-state index is 13.9. The molecular weight excluding hydrogens is 310 g/mol. The lowest BCUT2D eigenvalue weighted by molar-refractivity contribution is 0.517. The van der Waals surface area contributed by atoms with Crippen molar-refractivity contribution < 1.29 is 8.78 Å². The Labute approximate surface area is 130 Å². The molecule has 22 heavy (non-hydrogen) atoms. The van der Waals surface area contributed by atoms with Crippen LogP contribution in [0.5, 0.6) is 0 Å². The second-order valence-corrected chi connectivity index (χ2v) is 5.28. The molecule has 1 N–H and O–H groups in total. The number of halogens is 3. The molecule has 0 unspecified atom stereocenters. The van der Waals surface area contributed by atoms with E-state index in [-0.39, 0.29) is 10.4 Å². The van der Waals surface area contributed by atoms with Crippen LogP contribution in [0.3, 0.4) is 0 Å². The first kappa shape index (κ1) is 14.7. The third kappa shape index (κ3) is 2.62. The second-order valence-electron chi connectivity index (χ2n) is 4.88. The van der Waals surface area contributed by atoms with Crippen molar-refractivity contribution in [3.63, 3.8) is 0 Å². The molecule has 3 aromatic rings. The van der Waals surface area contributed by atoms with Gasteiger partial charge in [-0.25, -0.2) is 18.7 Å². The molecule has 0 radical (unpaired) electrons. The van der Waals surface area contributed by atoms with Gasteiger partial charge < -0.3 is 9.88 Å². The van der Waals surface area contributed by atoms with Crippen molar-refractivity contribution in [3.8, 4) is 0 Å². The lowest BCUT2D eigenvalue weighted by Gasteiger charge is -2.11. The Hall–Kier alpha value is -2.21. The van der Waals surface area contributed by atoms with E-state index >= 15 is 0 Å². The maximum Gasteiger partial charge on any atom is 0.168 e. The molecule has 1 aromatic carbocycles. The highest BCUT2D eigenvalue weighted by Crippen LogP contribution is 2.30. The van der Waals surface area contributed by atoms with Crippen LogP contribution in [0.4, 0.5) is 14.6 Å². The van der Waals surface area contributed by atoms with Gasteiger partial charge in [0.15, 0.2) is 11.6 Å². The molecule has 0 amide bonds. The Bertz CT molecular complexity index is 818. The number of fused-ring (bicyclic) bond motifs is 1. The second kappa shape index (κ2) is 5.88. The van der Waals surface area contributed by atoms with Crippen LogP contribution >= 0.6 is 11.6 Å². The number of hydrogen-bond acceptors (Lipinski definition) is 3. The smallest absolute Gasteiger partial charge is 0.168 e. The monoisotopic (exact) mass is 322 g/mol. The Balaban J connectivity index is 1.88. The Morgan fingerprint density at radius 2 is 2.14 bits per heavy atom. The lowest BCUT2D eigenvalue weighted by Crippen LogP contribution is -2.12. The van der Waals surface area contributed by atoms with E-state index in [4.69, 9.17) is 11.6 Å². The van der Waals surface area contributed by atoms with Gasteiger partial charge in [0.05, 0.1) is 10.5 Å². The topological polar surface area (TPSA) is 42.7 Å². The first-order valence-corrected chi connectivity index (χ1v) is 7.09. The fourth-order valence-corrected chi connectivity index (χ4v) is 2.75. The summed E-state index contributed by atoms with van der Waals surface area (Å²) in [5.74, 6) is -1.11. The number of aryl methyl sites for hydroxylation is 1. The van der Waals surface area contributed by atoms with Crippen LogP contribution in [0, 0.1) is 18.6 Å². The summed E-state index contributed by atoms with van der Waals surface area (Å²) in [4.78, 5) is 7.90. The number of rotatable bonds is 4. The largest absolute Gasteiger partial charge is 0.368 e. The molecular formula is C15H13ClF2N4. The fourth-order valence-electron chi connectivity index (χ4n) is 2.45. The molecule has 4 nitrogen and oxygen atoms in total. The van der Waals surface area contributed by atoms with Crippen LogP contribution in [0.2, 0.25) is 5.02 Å². The first-order chi connectivity index (χ1) is 10.6. The Kier molecular flexibility index (Phi) is 3.94.